The number of nitrogens with one attached hydrogen (secondary N) is 1. The largest absolute Gasteiger partial charge is 0.404 e. The number of aryl methyl sites for hydroxylation is 1. The van der Waals surface area contributed by atoms with E-state index in [0.29, 0.717) is 35.1 Å². The fraction of sp³-hybridized carbons (Fsp3) is 0.500. The molecule has 4 aliphatic carbocycles. The second-order valence-electron chi connectivity index (χ2n) is 11.2. The zero-order valence-electron chi connectivity index (χ0n) is 20.2. The number of aromatic nitrogens is 4. The van der Waals surface area contributed by atoms with Crippen molar-refractivity contribution >= 4 is 33.5 Å². The minimum absolute atomic E-state index is 0.0101. The molecule has 0 spiro atoms. The summed E-state index contributed by atoms with van der Waals surface area (Å²) in [6.07, 6.45) is 8.22. The Morgan fingerprint density at radius 3 is 2.58 bits per heavy atom. The third-order valence-electron chi connectivity index (χ3n) is 8.42. The second-order valence-corrected chi connectivity index (χ2v) is 12.1. The topological polar surface area (TPSA) is 108 Å². The van der Waals surface area contributed by atoms with Gasteiger partial charge in [0.25, 0.3) is 0 Å². The summed E-state index contributed by atoms with van der Waals surface area (Å²) in [6, 6.07) is 12.1. The first-order valence-corrected chi connectivity index (χ1v) is 13.3. The summed E-state index contributed by atoms with van der Waals surface area (Å²) in [6.45, 7) is 2.65. The van der Waals surface area contributed by atoms with Gasteiger partial charge in [0, 0.05) is 18.2 Å². The molecule has 0 radical (unpaired) electrons. The predicted octanol–water partition coefficient (Wildman–Crippen LogP) is 5.43. The van der Waals surface area contributed by atoms with Crippen LogP contribution in [0.15, 0.2) is 47.1 Å². The molecule has 10 heteroatoms. The standard InChI is InChI=1S/C26H29BrN6O3/c1-17-7-22(29-31(17)14-18-5-3-2-4-6-18)28-23(34)13-25-9-19-8-20(10-25)12-26(11-19,16-25)32-15-21(27)24(30-32)33(35)36/h2-7,15,19-20H,8-14,16H2,1H3,(H,28,29,34). The van der Waals surface area contributed by atoms with E-state index < -0.39 is 4.92 Å². The van der Waals surface area contributed by atoms with Gasteiger partial charge in [-0.25, -0.2) is 0 Å². The average Bonchev–Trinajstić information content (AvgIpc) is 3.35. The Bertz CT molecular complexity index is 1320. The Balaban J connectivity index is 1.19. The fourth-order valence-electron chi connectivity index (χ4n) is 7.60. The Labute approximate surface area is 217 Å². The third kappa shape index (κ3) is 4.15. The van der Waals surface area contributed by atoms with Crippen LogP contribution in [0.2, 0.25) is 0 Å². The van der Waals surface area contributed by atoms with E-state index in [0.717, 1.165) is 43.4 Å². The maximum absolute atomic E-state index is 13.3. The molecule has 36 heavy (non-hydrogen) atoms. The summed E-state index contributed by atoms with van der Waals surface area (Å²) in [5.74, 6) is 1.48. The molecule has 2 aromatic heterocycles. The average molecular weight is 553 g/mol. The van der Waals surface area contributed by atoms with Crippen LogP contribution in [0.4, 0.5) is 11.6 Å². The quantitative estimate of drug-likeness (QED) is 0.310. The van der Waals surface area contributed by atoms with E-state index >= 15 is 0 Å². The number of hydrogen-bond acceptors (Lipinski definition) is 5. The minimum atomic E-state index is -0.441. The fourth-order valence-corrected chi connectivity index (χ4v) is 8.02. The van der Waals surface area contributed by atoms with Crippen molar-refractivity contribution in [3.8, 4) is 0 Å². The molecule has 0 saturated heterocycles. The Kier molecular flexibility index (Phi) is 5.55. The van der Waals surface area contributed by atoms with Gasteiger partial charge < -0.3 is 15.4 Å². The second kappa shape index (κ2) is 8.54. The number of carbonyl (C=O) groups is 1. The molecule has 0 aliphatic heterocycles. The van der Waals surface area contributed by atoms with Gasteiger partial charge in [-0.05, 0) is 89.1 Å². The Morgan fingerprint density at radius 1 is 1.19 bits per heavy atom. The van der Waals surface area contributed by atoms with Gasteiger partial charge >= 0.3 is 5.82 Å². The summed E-state index contributed by atoms with van der Waals surface area (Å²) in [5.41, 5.74) is 1.79. The number of amides is 1. The highest BCUT2D eigenvalue weighted by Gasteiger charge is 2.60. The predicted molar refractivity (Wildman–Crippen MR) is 137 cm³/mol. The van der Waals surface area contributed by atoms with Gasteiger partial charge in [-0.15, -0.1) is 0 Å². The van der Waals surface area contributed by atoms with Crippen LogP contribution < -0.4 is 5.32 Å². The molecule has 9 nitrogen and oxygen atoms in total. The van der Waals surface area contributed by atoms with Crippen molar-refractivity contribution in [1.29, 1.82) is 0 Å². The molecule has 4 aliphatic rings. The van der Waals surface area contributed by atoms with Crippen molar-refractivity contribution in [3.63, 3.8) is 0 Å². The molecule has 7 rings (SSSR count). The van der Waals surface area contributed by atoms with E-state index in [1.165, 1.54) is 6.42 Å². The van der Waals surface area contributed by atoms with Crippen LogP contribution in [0.25, 0.3) is 0 Å². The zero-order chi connectivity index (χ0) is 25.1. The first-order chi connectivity index (χ1) is 17.2. The first-order valence-electron chi connectivity index (χ1n) is 12.5. The summed E-state index contributed by atoms with van der Waals surface area (Å²) in [4.78, 5) is 24.3. The smallest absolute Gasteiger partial charge is 0.358 e. The van der Waals surface area contributed by atoms with Crippen LogP contribution >= 0.6 is 15.9 Å². The maximum atomic E-state index is 13.3. The first kappa shape index (κ1) is 23.4. The van der Waals surface area contributed by atoms with Gasteiger partial charge in [0.15, 0.2) is 5.82 Å². The van der Waals surface area contributed by atoms with Crippen LogP contribution in [-0.4, -0.2) is 30.4 Å². The van der Waals surface area contributed by atoms with E-state index in [4.69, 9.17) is 0 Å². The van der Waals surface area contributed by atoms with Gasteiger partial charge in [0.1, 0.15) is 4.47 Å². The van der Waals surface area contributed by atoms with Crippen molar-refractivity contribution in [2.24, 2.45) is 17.3 Å². The van der Waals surface area contributed by atoms with Crippen LogP contribution in [0, 0.1) is 34.3 Å². The summed E-state index contributed by atoms with van der Waals surface area (Å²) in [7, 11) is 0. The SMILES string of the molecule is Cc1cc(NC(=O)CC23CC4CC(C2)CC(n2cc(Br)c([N+](=O)[O-])n2)(C4)C3)nn1Cc1ccccc1. The van der Waals surface area contributed by atoms with Crippen molar-refractivity contribution in [2.75, 3.05) is 5.32 Å². The van der Waals surface area contributed by atoms with E-state index in [-0.39, 0.29) is 22.7 Å². The van der Waals surface area contributed by atoms with Crippen LogP contribution in [0.5, 0.6) is 0 Å². The lowest BCUT2D eigenvalue weighted by atomic mass is 9.46. The molecule has 2 heterocycles. The lowest BCUT2D eigenvalue weighted by Crippen LogP contribution is -2.57. The normalized spacial score (nSPS) is 28.4. The number of carbonyl (C=O) groups excluding carboxylic acids is 1. The van der Waals surface area contributed by atoms with Gasteiger partial charge in [-0.1, -0.05) is 30.3 Å². The molecule has 2 unspecified atom stereocenters. The highest BCUT2D eigenvalue weighted by molar-refractivity contribution is 9.10. The summed E-state index contributed by atoms with van der Waals surface area (Å²) >= 11 is 3.32. The lowest BCUT2D eigenvalue weighted by molar-refractivity contribution is -0.390. The van der Waals surface area contributed by atoms with E-state index in [9.17, 15) is 14.9 Å². The van der Waals surface area contributed by atoms with Crippen LogP contribution in [0.3, 0.4) is 0 Å². The van der Waals surface area contributed by atoms with Gasteiger partial charge in [-0.3, -0.25) is 9.48 Å². The molecule has 1 amide bonds. The number of benzene rings is 1. The lowest BCUT2D eigenvalue weighted by Gasteiger charge is -2.61. The van der Waals surface area contributed by atoms with Gasteiger partial charge in [-0.2, -0.15) is 9.78 Å². The van der Waals surface area contributed by atoms with E-state index in [1.807, 2.05) is 40.6 Å². The molecule has 1 aromatic carbocycles. The monoisotopic (exact) mass is 552 g/mol. The molecule has 4 saturated carbocycles. The van der Waals surface area contributed by atoms with Crippen molar-refractivity contribution in [1.82, 2.24) is 19.6 Å². The number of rotatable bonds is 7. The highest BCUT2D eigenvalue weighted by atomic mass is 79.9. The Hall–Kier alpha value is -3.01. The number of nitrogens with zero attached hydrogens (tertiary/aromatic N) is 5. The third-order valence-corrected chi connectivity index (χ3v) is 8.98. The van der Waals surface area contributed by atoms with Crippen LogP contribution in [0.1, 0.15) is 56.2 Å². The maximum Gasteiger partial charge on any atom is 0.404 e. The number of halogens is 1. The minimum Gasteiger partial charge on any atom is -0.358 e. The van der Waals surface area contributed by atoms with E-state index in [2.05, 4.69) is 43.6 Å². The van der Waals surface area contributed by atoms with Crippen molar-refractivity contribution < 1.29 is 9.72 Å². The van der Waals surface area contributed by atoms with Gasteiger partial charge in [0.2, 0.25) is 5.91 Å². The molecular weight excluding hydrogens is 524 g/mol. The molecule has 2 atom stereocenters. The number of hydrogen-bond donors (Lipinski definition) is 1. The molecule has 4 fully saturated rings. The molecule has 4 bridgehead atoms. The summed E-state index contributed by atoms with van der Waals surface area (Å²) < 4.78 is 4.16. The molecule has 188 valence electrons. The van der Waals surface area contributed by atoms with Gasteiger partial charge in [0.05, 0.1) is 23.4 Å². The summed E-state index contributed by atoms with van der Waals surface area (Å²) in [5, 5.41) is 23.5. The van der Waals surface area contributed by atoms with Crippen molar-refractivity contribution in [2.45, 2.75) is 64.0 Å². The molecular formula is C26H29BrN6O3. The molecule has 1 N–H and O–H groups in total. The Morgan fingerprint density at radius 2 is 1.92 bits per heavy atom. The van der Waals surface area contributed by atoms with Crippen molar-refractivity contribution in [3.05, 3.63) is 68.4 Å². The van der Waals surface area contributed by atoms with E-state index in [1.54, 1.807) is 6.20 Å². The van der Waals surface area contributed by atoms with Crippen LogP contribution in [-0.2, 0) is 16.9 Å². The zero-order valence-corrected chi connectivity index (χ0v) is 21.8. The number of nitro groups is 1. The molecule has 3 aromatic rings. The number of anilines is 1. The highest BCUT2D eigenvalue weighted by Crippen LogP contribution is 2.65.